The Balaban J connectivity index is 1.98. The number of nitrogens with zero attached hydrogens (tertiary/aromatic N) is 2. The Bertz CT molecular complexity index is 419. The molecular formula is C12H17N3O3. The largest absolute Gasteiger partial charge is 0.505 e. The highest BCUT2D eigenvalue weighted by Gasteiger charge is 2.21. The second-order valence-corrected chi connectivity index (χ2v) is 4.25. The fraction of sp³-hybridized carbons (Fsp3) is 0.500. The van der Waals surface area contributed by atoms with Gasteiger partial charge in [0, 0.05) is 32.9 Å². The van der Waals surface area contributed by atoms with Crippen molar-refractivity contribution in [1.82, 2.24) is 15.2 Å². The molecule has 0 aromatic carbocycles. The summed E-state index contributed by atoms with van der Waals surface area (Å²) in [5, 5.41) is 12.8. The molecule has 6 nitrogen and oxygen atoms in total. The summed E-state index contributed by atoms with van der Waals surface area (Å²) in [6.07, 6.45) is 1.47. The number of aromatic hydroxyl groups is 1. The zero-order valence-electron chi connectivity index (χ0n) is 10.3. The van der Waals surface area contributed by atoms with Crippen LogP contribution >= 0.6 is 0 Å². The monoisotopic (exact) mass is 251 g/mol. The van der Waals surface area contributed by atoms with Crippen molar-refractivity contribution >= 4 is 5.91 Å². The Morgan fingerprint density at radius 1 is 1.72 bits per heavy atom. The average Bonchev–Trinajstić information content (AvgIpc) is 2.39. The van der Waals surface area contributed by atoms with E-state index in [1.165, 1.54) is 17.2 Å². The van der Waals surface area contributed by atoms with Crippen LogP contribution < -0.4 is 5.32 Å². The second kappa shape index (κ2) is 5.79. The number of hydrogen-bond donors (Lipinski definition) is 2. The number of hydrogen-bond acceptors (Lipinski definition) is 5. The Labute approximate surface area is 106 Å². The van der Waals surface area contributed by atoms with Crippen molar-refractivity contribution in [1.29, 1.82) is 0 Å². The first kappa shape index (κ1) is 12.8. The van der Waals surface area contributed by atoms with E-state index in [9.17, 15) is 9.90 Å². The average molecular weight is 251 g/mol. The predicted octanol–water partition coefficient (Wildman–Crippen LogP) is -0.152. The number of amides is 1. The van der Waals surface area contributed by atoms with Crippen LogP contribution in [0.2, 0.25) is 0 Å². The molecule has 0 aliphatic carbocycles. The molecule has 1 aliphatic rings. The number of rotatable bonds is 3. The van der Waals surface area contributed by atoms with E-state index in [4.69, 9.17) is 4.74 Å². The van der Waals surface area contributed by atoms with Gasteiger partial charge >= 0.3 is 0 Å². The molecule has 1 aromatic rings. The molecule has 0 bridgehead atoms. The molecule has 6 heteroatoms. The number of morpholine rings is 1. The molecule has 1 saturated heterocycles. The lowest BCUT2D eigenvalue weighted by atomic mass is 10.2. The van der Waals surface area contributed by atoms with E-state index in [1.54, 1.807) is 13.1 Å². The standard InChI is InChI=1S/C12H17N3O3/c1-15(8-9-7-13-5-6-18-9)12(17)11-10(16)3-2-4-14-11/h2-4,9,13,16H,5-8H2,1H3. The maximum atomic E-state index is 12.1. The summed E-state index contributed by atoms with van der Waals surface area (Å²) in [5.41, 5.74) is 0.0729. The molecule has 0 spiro atoms. The van der Waals surface area contributed by atoms with Gasteiger partial charge in [-0.05, 0) is 12.1 Å². The summed E-state index contributed by atoms with van der Waals surface area (Å²) in [7, 11) is 1.68. The number of nitrogens with one attached hydrogen (secondary N) is 1. The molecular weight excluding hydrogens is 234 g/mol. The number of pyridine rings is 1. The van der Waals surface area contributed by atoms with Crippen LogP contribution in [0.1, 0.15) is 10.5 Å². The summed E-state index contributed by atoms with van der Waals surface area (Å²) in [4.78, 5) is 17.5. The van der Waals surface area contributed by atoms with Crippen molar-refractivity contribution in [3.05, 3.63) is 24.0 Å². The molecule has 2 heterocycles. The molecule has 1 aliphatic heterocycles. The third kappa shape index (κ3) is 2.96. The Hall–Kier alpha value is -1.66. The first-order chi connectivity index (χ1) is 8.68. The van der Waals surface area contributed by atoms with E-state index in [-0.39, 0.29) is 23.5 Å². The quantitative estimate of drug-likeness (QED) is 0.781. The number of carbonyl (C=O) groups excluding carboxylic acids is 1. The van der Waals surface area contributed by atoms with Crippen LogP contribution in [0.25, 0.3) is 0 Å². The minimum atomic E-state index is -0.303. The molecule has 1 atom stereocenters. The normalized spacial score (nSPS) is 19.5. The SMILES string of the molecule is CN(CC1CNCCO1)C(=O)c1ncccc1O. The minimum absolute atomic E-state index is 0.0152. The van der Waals surface area contributed by atoms with Gasteiger partial charge in [-0.1, -0.05) is 0 Å². The predicted molar refractivity (Wildman–Crippen MR) is 65.5 cm³/mol. The van der Waals surface area contributed by atoms with Gasteiger partial charge < -0.3 is 20.1 Å². The molecule has 1 aromatic heterocycles. The van der Waals surface area contributed by atoms with Gasteiger partial charge in [0.05, 0.1) is 12.7 Å². The van der Waals surface area contributed by atoms with Gasteiger partial charge in [-0.2, -0.15) is 0 Å². The van der Waals surface area contributed by atoms with Crippen molar-refractivity contribution in [2.75, 3.05) is 33.3 Å². The Morgan fingerprint density at radius 3 is 3.22 bits per heavy atom. The number of ether oxygens (including phenoxy) is 1. The van der Waals surface area contributed by atoms with Crippen LogP contribution in [0, 0.1) is 0 Å². The van der Waals surface area contributed by atoms with E-state index in [0.717, 1.165) is 13.1 Å². The molecule has 98 valence electrons. The fourth-order valence-electron chi connectivity index (χ4n) is 1.87. The van der Waals surface area contributed by atoms with Gasteiger partial charge in [0.15, 0.2) is 5.69 Å². The smallest absolute Gasteiger partial charge is 0.276 e. The summed E-state index contributed by atoms with van der Waals surface area (Å²) in [5.74, 6) is -0.403. The van der Waals surface area contributed by atoms with E-state index >= 15 is 0 Å². The van der Waals surface area contributed by atoms with Gasteiger partial charge in [0.25, 0.3) is 5.91 Å². The lowest BCUT2D eigenvalue weighted by Crippen LogP contribution is -2.45. The number of carbonyl (C=O) groups is 1. The van der Waals surface area contributed by atoms with Crippen LogP contribution in [0.4, 0.5) is 0 Å². The fourth-order valence-corrected chi connectivity index (χ4v) is 1.87. The number of aromatic nitrogens is 1. The molecule has 18 heavy (non-hydrogen) atoms. The summed E-state index contributed by atoms with van der Waals surface area (Å²) in [6.45, 7) is 2.70. The van der Waals surface area contributed by atoms with Crippen LogP contribution in [0.15, 0.2) is 18.3 Å². The van der Waals surface area contributed by atoms with Crippen molar-refractivity contribution in [3.8, 4) is 5.75 Å². The summed E-state index contributed by atoms with van der Waals surface area (Å²) in [6, 6.07) is 3.03. The van der Waals surface area contributed by atoms with Crippen molar-refractivity contribution in [2.24, 2.45) is 0 Å². The van der Waals surface area contributed by atoms with E-state index in [2.05, 4.69) is 10.3 Å². The molecule has 2 N–H and O–H groups in total. The van der Waals surface area contributed by atoms with Gasteiger partial charge in [0.1, 0.15) is 5.75 Å². The second-order valence-electron chi connectivity index (χ2n) is 4.25. The van der Waals surface area contributed by atoms with Crippen LogP contribution in [-0.4, -0.2) is 60.3 Å². The van der Waals surface area contributed by atoms with Crippen LogP contribution in [0.3, 0.4) is 0 Å². The van der Waals surface area contributed by atoms with Gasteiger partial charge in [-0.15, -0.1) is 0 Å². The zero-order chi connectivity index (χ0) is 13.0. The van der Waals surface area contributed by atoms with Gasteiger partial charge in [0.2, 0.25) is 0 Å². The minimum Gasteiger partial charge on any atom is -0.505 e. The van der Waals surface area contributed by atoms with E-state index in [0.29, 0.717) is 13.2 Å². The lowest BCUT2D eigenvalue weighted by Gasteiger charge is -2.27. The van der Waals surface area contributed by atoms with E-state index in [1.807, 2.05) is 0 Å². The molecule has 2 rings (SSSR count). The van der Waals surface area contributed by atoms with Gasteiger partial charge in [-0.25, -0.2) is 4.98 Å². The molecule has 0 saturated carbocycles. The first-order valence-corrected chi connectivity index (χ1v) is 5.90. The molecule has 1 unspecified atom stereocenters. The maximum absolute atomic E-state index is 12.1. The zero-order valence-corrected chi connectivity index (χ0v) is 10.3. The maximum Gasteiger partial charge on any atom is 0.276 e. The molecule has 0 radical (unpaired) electrons. The van der Waals surface area contributed by atoms with E-state index < -0.39 is 0 Å². The summed E-state index contributed by atoms with van der Waals surface area (Å²) >= 11 is 0. The van der Waals surface area contributed by atoms with Gasteiger partial charge in [-0.3, -0.25) is 4.79 Å². The Kier molecular flexibility index (Phi) is 4.11. The third-order valence-electron chi connectivity index (χ3n) is 2.82. The molecule has 1 amide bonds. The van der Waals surface area contributed by atoms with Crippen LogP contribution in [0.5, 0.6) is 5.75 Å². The Morgan fingerprint density at radius 2 is 2.56 bits per heavy atom. The van der Waals surface area contributed by atoms with Crippen LogP contribution in [-0.2, 0) is 4.74 Å². The third-order valence-corrected chi connectivity index (χ3v) is 2.82. The highest BCUT2D eigenvalue weighted by atomic mass is 16.5. The topological polar surface area (TPSA) is 74.7 Å². The number of likely N-dealkylation sites (N-methyl/N-ethyl adjacent to an activating group) is 1. The van der Waals surface area contributed by atoms with Crippen molar-refractivity contribution in [3.63, 3.8) is 0 Å². The highest BCUT2D eigenvalue weighted by Crippen LogP contribution is 2.14. The first-order valence-electron chi connectivity index (χ1n) is 5.90. The molecule has 1 fully saturated rings. The lowest BCUT2D eigenvalue weighted by molar-refractivity contribution is 0.0102. The van der Waals surface area contributed by atoms with Crippen molar-refractivity contribution in [2.45, 2.75) is 6.10 Å². The summed E-state index contributed by atoms with van der Waals surface area (Å²) < 4.78 is 5.53. The van der Waals surface area contributed by atoms with Crippen molar-refractivity contribution < 1.29 is 14.6 Å². The highest BCUT2D eigenvalue weighted by molar-refractivity contribution is 5.94.